The van der Waals surface area contributed by atoms with Crippen molar-refractivity contribution in [2.45, 2.75) is 31.4 Å². The summed E-state index contributed by atoms with van der Waals surface area (Å²) in [6, 6.07) is 20.6. The first-order valence-electron chi connectivity index (χ1n) is 11.1. The summed E-state index contributed by atoms with van der Waals surface area (Å²) in [4.78, 5) is 24.7. The molecular weight excluding hydrogens is 454 g/mol. The molecule has 0 aromatic heterocycles. The van der Waals surface area contributed by atoms with E-state index in [-0.39, 0.29) is 18.9 Å². The van der Waals surface area contributed by atoms with Gasteiger partial charge in [0.2, 0.25) is 0 Å². The standard InChI is InChI=1S/C27H26ClNO5/c1-33-24-11-8-18(16-27(26(31)32)12-5-13-34-27)14-21(24)17-29-25(30)22-10-9-20(15-23(22)28)19-6-3-2-4-7-19/h2-4,6-11,14-15H,5,12-13,16-17H2,1H3,(H,29,30)(H,31,32). The molecule has 0 saturated carbocycles. The molecule has 3 aromatic rings. The Balaban J connectivity index is 1.49. The lowest BCUT2D eigenvalue weighted by Gasteiger charge is -2.24. The Hall–Kier alpha value is -3.35. The van der Waals surface area contributed by atoms with E-state index < -0.39 is 11.6 Å². The predicted octanol–water partition coefficient (Wildman–Crippen LogP) is 5.12. The molecule has 34 heavy (non-hydrogen) atoms. The van der Waals surface area contributed by atoms with E-state index in [1.807, 2.05) is 48.5 Å². The molecule has 1 amide bonds. The molecule has 1 saturated heterocycles. The fourth-order valence-electron chi connectivity index (χ4n) is 4.27. The zero-order chi connectivity index (χ0) is 24.1. The van der Waals surface area contributed by atoms with E-state index in [1.165, 1.54) is 0 Å². The molecule has 1 atom stereocenters. The first kappa shape index (κ1) is 23.8. The summed E-state index contributed by atoms with van der Waals surface area (Å²) >= 11 is 6.42. The van der Waals surface area contributed by atoms with Gasteiger partial charge in [-0.1, -0.05) is 60.1 Å². The number of benzene rings is 3. The first-order chi connectivity index (χ1) is 16.4. The smallest absolute Gasteiger partial charge is 0.336 e. The van der Waals surface area contributed by atoms with E-state index in [2.05, 4.69) is 5.32 Å². The van der Waals surface area contributed by atoms with E-state index in [0.29, 0.717) is 29.4 Å². The largest absolute Gasteiger partial charge is 0.496 e. The van der Waals surface area contributed by atoms with Crippen LogP contribution in [-0.4, -0.2) is 36.3 Å². The second-order valence-corrected chi connectivity index (χ2v) is 8.72. The lowest BCUT2D eigenvalue weighted by Crippen LogP contribution is -2.40. The Morgan fingerprint density at radius 1 is 1.09 bits per heavy atom. The average molecular weight is 480 g/mol. The van der Waals surface area contributed by atoms with Gasteiger partial charge in [-0.15, -0.1) is 0 Å². The third-order valence-corrected chi connectivity index (χ3v) is 6.40. The average Bonchev–Trinajstić information content (AvgIpc) is 3.33. The zero-order valence-corrected chi connectivity index (χ0v) is 19.6. The topological polar surface area (TPSA) is 84.9 Å². The van der Waals surface area contributed by atoms with Crippen molar-refractivity contribution in [3.8, 4) is 16.9 Å². The van der Waals surface area contributed by atoms with E-state index in [1.54, 1.807) is 25.3 Å². The van der Waals surface area contributed by atoms with Gasteiger partial charge in [-0.2, -0.15) is 0 Å². The van der Waals surface area contributed by atoms with Gasteiger partial charge in [-0.3, -0.25) is 4.79 Å². The summed E-state index contributed by atoms with van der Waals surface area (Å²) in [5, 5.41) is 13.0. The second kappa shape index (κ2) is 10.3. The molecule has 0 radical (unpaired) electrons. The molecule has 1 heterocycles. The maximum absolute atomic E-state index is 12.9. The summed E-state index contributed by atoms with van der Waals surface area (Å²) in [5.41, 5.74) is 2.66. The molecule has 3 aromatic carbocycles. The third kappa shape index (κ3) is 5.08. The van der Waals surface area contributed by atoms with Crippen LogP contribution in [0.1, 0.15) is 34.3 Å². The van der Waals surface area contributed by atoms with Crippen LogP contribution >= 0.6 is 11.6 Å². The molecule has 1 aliphatic heterocycles. The van der Waals surface area contributed by atoms with E-state index in [9.17, 15) is 14.7 Å². The highest BCUT2D eigenvalue weighted by Crippen LogP contribution is 2.32. The number of aliphatic carboxylic acids is 1. The summed E-state index contributed by atoms with van der Waals surface area (Å²) in [6.07, 6.45) is 1.44. The van der Waals surface area contributed by atoms with Gasteiger partial charge in [0.05, 0.1) is 17.7 Å². The number of amides is 1. The van der Waals surface area contributed by atoms with Gasteiger partial charge in [0, 0.05) is 25.1 Å². The minimum absolute atomic E-state index is 0.202. The third-order valence-electron chi connectivity index (χ3n) is 6.09. The van der Waals surface area contributed by atoms with Crippen LogP contribution in [0.25, 0.3) is 11.1 Å². The molecule has 0 bridgehead atoms. The molecule has 2 N–H and O–H groups in total. The molecular formula is C27H26ClNO5. The molecule has 0 aliphatic carbocycles. The SMILES string of the molecule is COc1ccc(CC2(C(=O)O)CCCO2)cc1CNC(=O)c1ccc(-c2ccccc2)cc1Cl. The lowest BCUT2D eigenvalue weighted by molar-refractivity contribution is -0.159. The van der Waals surface area contributed by atoms with Gasteiger partial charge in [0.15, 0.2) is 5.60 Å². The van der Waals surface area contributed by atoms with Crippen molar-refractivity contribution in [2.24, 2.45) is 0 Å². The maximum atomic E-state index is 12.9. The fraction of sp³-hybridized carbons (Fsp3) is 0.259. The minimum atomic E-state index is -1.21. The number of carboxylic acid groups (broad SMARTS) is 1. The van der Waals surface area contributed by atoms with Gasteiger partial charge in [-0.05, 0) is 47.7 Å². The minimum Gasteiger partial charge on any atom is -0.496 e. The van der Waals surface area contributed by atoms with Crippen LogP contribution in [-0.2, 0) is 22.5 Å². The van der Waals surface area contributed by atoms with Crippen LogP contribution in [0.5, 0.6) is 5.75 Å². The molecule has 6 nitrogen and oxygen atoms in total. The number of carbonyl (C=O) groups is 2. The molecule has 176 valence electrons. The molecule has 0 spiro atoms. The summed E-state index contributed by atoms with van der Waals surface area (Å²) in [7, 11) is 1.55. The summed E-state index contributed by atoms with van der Waals surface area (Å²) in [5.74, 6) is -0.659. The van der Waals surface area contributed by atoms with Gasteiger partial charge in [0.25, 0.3) is 5.91 Å². The van der Waals surface area contributed by atoms with Gasteiger partial charge >= 0.3 is 5.97 Å². The molecule has 4 rings (SSSR count). The second-order valence-electron chi connectivity index (χ2n) is 8.32. The van der Waals surface area contributed by atoms with Crippen molar-refractivity contribution in [3.05, 3.63) is 88.4 Å². The van der Waals surface area contributed by atoms with Crippen LogP contribution < -0.4 is 10.1 Å². The number of hydrogen-bond acceptors (Lipinski definition) is 4. The highest BCUT2D eigenvalue weighted by atomic mass is 35.5. The molecule has 1 aliphatic rings. The van der Waals surface area contributed by atoms with E-state index >= 15 is 0 Å². The number of rotatable bonds is 8. The van der Waals surface area contributed by atoms with Crippen LogP contribution in [0.3, 0.4) is 0 Å². The maximum Gasteiger partial charge on any atom is 0.336 e. The van der Waals surface area contributed by atoms with Crippen molar-refractivity contribution in [1.82, 2.24) is 5.32 Å². The van der Waals surface area contributed by atoms with Gasteiger partial charge < -0.3 is 19.9 Å². The number of methoxy groups -OCH3 is 1. The van der Waals surface area contributed by atoms with Crippen molar-refractivity contribution >= 4 is 23.5 Å². The highest BCUT2D eigenvalue weighted by Gasteiger charge is 2.43. The Labute approximate surface area is 203 Å². The van der Waals surface area contributed by atoms with Crippen LogP contribution in [0.2, 0.25) is 5.02 Å². The van der Waals surface area contributed by atoms with E-state index in [4.69, 9.17) is 21.1 Å². The molecule has 1 fully saturated rings. The van der Waals surface area contributed by atoms with Gasteiger partial charge in [0.1, 0.15) is 5.75 Å². The van der Waals surface area contributed by atoms with Crippen molar-refractivity contribution in [1.29, 1.82) is 0 Å². The predicted molar refractivity (Wildman–Crippen MR) is 130 cm³/mol. The molecule has 1 unspecified atom stereocenters. The van der Waals surface area contributed by atoms with Crippen molar-refractivity contribution in [2.75, 3.05) is 13.7 Å². The number of halogens is 1. The number of nitrogens with one attached hydrogen (secondary N) is 1. The van der Waals surface area contributed by atoms with Crippen LogP contribution in [0, 0.1) is 0 Å². The summed E-state index contributed by atoms with van der Waals surface area (Å²) < 4.78 is 11.0. The van der Waals surface area contributed by atoms with Crippen molar-refractivity contribution < 1.29 is 24.2 Å². The zero-order valence-electron chi connectivity index (χ0n) is 18.8. The van der Waals surface area contributed by atoms with Gasteiger partial charge in [-0.25, -0.2) is 4.79 Å². The quantitative estimate of drug-likeness (QED) is 0.468. The van der Waals surface area contributed by atoms with E-state index in [0.717, 1.165) is 28.7 Å². The number of ether oxygens (including phenoxy) is 2. The van der Waals surface area contributed by atoms with Crippen molar-refractivity contribution in [3.63, 3.8) is 0 Å². The number of carboxylic acids is 1. The Morgan fingerprint density at radius 2 is 1.88 bits per heavy atom. The van der Waals surface area contributed by atoms with Crippen LogP contribution in [0.15, 0.2) is 66.7 Å². The Bertz CT molecular complexity index is 1190. The normalized spacial score (nSPS) is 17.4. The fourth-order valence-corrected chi connectivity index (χ4v) is 4.54. The lowest BCUT2D eigenvalue weighted by atomic mass is 9.91. The van der Waals surface area contributed by atoms with Crippen LogP contribution in [0.4, 0.5) is 0 Å². The molecule has 7 heteroatoms. The first-order valence-corrected chi connectivity index (χ1v) is 11.5. The highest BCUT2D eigenvalue weighted by molar-refractivity contribution is 6.34. The monoisotopic (exact) mass is 479 g/mol. The number of carbonyl (C=O) groups excluding carboxylic acids is 1. The Kier molecular flexibility index (Phi) is 7.20. The number of hydrogen-bond donors (Lipinski definition) is 2. The Morgan fingerprint density at radius 3 is 2.53 bits per heavy atom. The summed E-state index contributed by atoms with van der Waals surface area (Å²) in [6.45, 7) is 0.642.